The molecule has 1 aromatic carbocycles. The van der Waals surface area contributed by atoms with Crippen LogP contribution in [0, 0.1) is 6.92 Å². The first kappa shape index (κ1) is 17.8. The summed E-state index contributed by atoms with van der Waals surface area (Å²) in [5.41, 5.74) is 1.91. The van der Waals surface area contributed by atoms with Crippen molar-refractivity contribution in [3.8, 4) is 0 Å². The molecule has 1 amide bonds. The van der Waals surface area contributed by atoms with Gasteiger partial charge in [-0.25, -0.2) is 4.79 Å². The number of aryl methyl sites for hydroxylation is 1. The molecule has 1 rings (SSSR count). The highest BCUT2D eigenvalue weighted by Crippen LogP contribution is 2.14. The van der Waals surface area contributed by atoms with Gasteiger partial charge in [0, 0.05) is 31.7 Å². The molecule has 5 heteroatoms. The summed E-state index contributed by atoms with van der Waals surface area (Å²) in [7, 11) is 1.74. The summed E-state index contributed by atoms with van der Waals surface area (Å²) < 4.78 is 5.29. The number of carbonyl (C=O) groups is 1. The molecule has 1 N–H and O–H groups in total. The highest BCUT2D eigenvalue weighted by Gasteiger charge is 2.18. The van der Waals surface area contributed by atoms with Crippen molar-refractivity contribution in [2.75, 3.05) is 20.1 Å². The lowest BCUT2D eigenvalue weighted by molar-refractivity contribution is 0.0300. The van der Waals surface area contributed by atoms with Crippen LogP contribution in [0.15, 0.2) is 18.2 Å². The van der Waals surface area contributed by atoms with E-state index in [9.17, 15) is 4.79 Å². The molecule has 0 radical (unpaired) electrons. The topological polar surface area (TPSA) is 41.6 Å². The first-order chi connectivity index (χ1) is 9.69. The first-order valence-electron chi connectivity index (χ1n) is 7.09. The second-order valence-electron chi connectivity index (χ2n) is 6.15. The SMILES string of the molecule is Cc1cc(Cl)ccc1CNCCN(C)C(=O)OC(C)(C)C. The standard InChI is InChI=1S/C16H25ClN2O2/c1-12-10-14(17)7-6-13(12)11-18-8-9-19(5)15(20)21-16(2,3)4/h6-7,10,18H,8-9,11H2,1-5H3. The summed E-state index contributed by atoms with van der Waals surface area (Å²) in [5.74, 6) is 0. The van der Waals surface area contributed by atoms with E-state index in [1.165, 1.54) is 5.56 Å². The van der Waals surface area contributed by atoms with E-state index in [0.29, 0.717) is 13.1 Å². The molecule has 21 heavy (non-hydrogen) atoms. The van der Waals surface area contributed by atoms with E-state index in [2.05, 4.69) is 5.32 Å². The minimum atomic E-state index is -0.459. The molecule has 0 fully saturated rings. The van der Waals surface area contributed by atoms with Gasteiger partial charge >= 0.3 is 6.09 Å². The zero-order valence-electron chi connectivity index (χ0n) is 13.5. The van der Waals surface area contributed by atoms with E-state index >= 15 is 0 Å². The number of amides is 1. The Kier molecular flexibility index (Phi) is 6.49. The molecule has 118 valence electrons. The fourth-order valence-electron chi connectivity index (χ4n) is 1.76. The number of benzene rings is 1. The van der Waals surface area contributed by atoms with Crippen molar-refractivity contribution < 1.29 is 9.53 Å². The Hall–Kier alpha value is -1.26. The predicted molar refractivity (Wildman–Crippen MR) is 86.8 cm³/mol. The van der Waals surface area contributed by atoms with E-state index in [-0.39, 0.29) is 6.09 Å². The zero-order valence-corrected chi connectivity index (χ0v) is 14.3. The minimum Gasteiger partial charge on any atom is -0.444 e. The molecule has 0 saturated heterocycles. The quantitative estimate of drug-likeness (QED) is 0.845. The maximum atomic E-state index is 11.8. The van der Waals surface area contributed by atoms with Crippen LogP contribution in [0.5, 0.6) is 0 Å². The zero-order chi connectivity index (χ0) is 16.0. The Morgan fingerprint density at radius 1 is 1.38 bits per heavy atom. The van der Waals surface area contributed by atoms with Gasteiger partial charge in [0.25, 0.3) is 0 Å². The van der Waals surface area contributed by atoms with Gasteiger partial charge in [-0.3, -0.25) is 0 Å². The highest BCUT2D eigenvalue weighted by atomic mass is 35.5. The van der Waals surface area contributed by atoms with Crippen molar-refractivity contribution in [3.05, 3.63) is 34.3 Å². The number of carbonyl (C=O) groups excluding carboxylic acids is 1. The second-order valence-corrected chi connectivity index (χ2v) is 6.59. The third kappa shape index (κ3) is 6.82. The average Bonchev–Trinajstić information content (AvgIpc) is 2.34. The summed E-state index contributed by atoms with van der Waals surface area (Å²) in [6.45, 7) is 9.68. The van der Waals surface area contributed by atoms with Crippen LogP contribution in [-0.2, 0) is 11.3 Å². The lowest BCUT2D eigenvalue weighted by Gasteiger charge is -2.24. The molecule has 0 bridgehead atoms. The Morgan fingerprint density at radius 3 is 2.62 bits per heavy atom. The molecule has 0 aliphatic rings. The lowest BCUT2D eigenvalue weighted by atomic mass is 10.1. The number of nitrogens with zero attached hydrogens (tertiary/aromatic N) is 1. The Balaban J connectivity index is 2.32. The molecular weight excluding hydrogens is 288 g/mol. The van der Waals surface area contributed by atoms with Gasteiger partial charge in [0.05, 0.1) is 0 Å². The van der Waals surface area contributed by atoms with Crippen molar-refractivity contribution in [2.24, 2.45) is 0 Å². The molecule has 1 aromatic rings. The van der Waals surface area contributed by atoms with Gasteiger partial charge < -0.3 is 15.0 Å². The van der Waals surface area contributed by atoms with Gasteiger partial charge in [0.2, 0.25) is 0 Å². The molecule has 0 spiro atoms. The number of nitrogens with one attached hydrogen (secondary N) is 1. The van der Waals surface area contributed by atoms with Crippen LogP contribution in [0.1, 0.15) is 31.9 Å². The monoisotopic (exact) mass is 312 g/mol. The first-order valence-corrected chi connectivity index (χ1v) is 7.47. The van der Waals surface area contributed by atoms with Crippen molar-refractivity contribution in [2.45, 2.75) is 39.8 Å². The van der Waals surface area contributed by atoms with E-state index < -0.39 is 5.60 Å². The van der Waals surface area contributed by atoms with Gasteiger partial charge in [-0.15, -0.1) is 0 Å². The third-order valence-corrected chi connectivity index (χ3v) is 3.18. The van der Waals surface area contributed by atoms with Crippen LogP contribution in [0.3, 0.4) is 0 Å². The average molecular weight is 313 g/mol. The van der Waals surface area contributed by atoms with Crippen molar-refractivity contribution in [1.82, 2.24) is 10.2 Å². The van der Waals surface area contributed by atoms with Crippen LogP contribution in [0.4, 0.5) is 4.79 Å². The lowest BCUT2D eigenvalue weighted by Crippen LogP contribution is -2.37. The summed E-state index contributed by atoms with van der Waals surface area (Å²) in [6, 6.07) is 5.85. The molecule has 0 aliphatic heterocycles. The fraction of sp³-hybridized carbons (Fsp3) is 0.562. The molecule has 0 heterocycles. The van der Waals surface area contributed by atoms with Crippen LogP contribution in [0.2, 0.25) is 5.02 Å². The third-order valence-electron chi connectivity index (χ3n) is 2.95. The summed E-state index contributed by atoms with van der Waals surface area (Å²) in [4.78, 5) is 13.4. The van der Waals surface area contributed by atoms with Crippen LogP contribution in [-0.4, -0.2) is 36.7 Å². The number of hydrogen-bond donors (Lipinski definition) is 1. The van der Waals surface area contributed by atoms with Gasteiger partial charge in [-0.2, -0.15) is 0 Å². The van der Waals surface area contributed by atoms with E-state index in [0.717, 1.165) is 17.1 Å². The van der Waals surface area contributed by atoms with Crippen LogP contribution < -0.4 is 5.32 Å². The minimum absolute atomic E-state index is 0.299. The summed E-state index contributed by atoms with van der Waals surface area (Å²) in [5, 5.41) is 4.07. The van der Waals surface area contributed by atoms with Crippen LogP contribution in [0.25, 0.3) is 0 Å². The number of ether oxygens (including phenoxy) is 1. The maximum absolute atomic E-state index is 11.8. The number of halogens is 1. The Bertz CT molecular complexity index is 484. The molecule has 0 aromatic heterocycles. The van der Waals surface area contributed by atoms with E-state index in [4.69, 9.17) is 16.3 Å². The van der Waals surface area contributed by atoms with Crippen molar-refractivity contribution >= 4 is 17.7 Å². The van der Waals surface area contributed by atoms with E-state index in [1.54, 1.807) is 11.9 Å². The Morgan fingerprint density at radius 2 is 2.05 bits per heavy atom. The van der Waals surface area contributed by atoms with Gasteiger partial charge in [0.1, 0.15) is 5.60 Å². The van der Waals surface area contributed by atoms with Gasteiger partial charge in [-0.1, -0.05) is 17.7 Å². The van der Waals surface area contributed by atoms with Gasteiger partial charge in [0.15, 0.2) is 0 Å². The molecule has 4 nitrogen and oxygen atoms in total. The fourth-order valence-corrected chi connectivity index (χ4v) is 1.99. The maximum Gasteiger partial charge on any atom is 0.410 e. The Labute approximate surface area is 132 Å². The van der Waals surface area contributed by atoms with Crippen molar-refractivity contribution in [3.63, 3.8) is 0 Å². The number of likely N-dealkylation sites (N-methyl/N-ethyl adjacent to an activating group) is 1. The molecule has 0 unspecified atom stereocenters. The molecule has 0 aliphatic carbocycles. The molecule has 0 atom stereocenters. The van der Waals surface area contributed by atoms with Gasteiger partial charge in [-0.05, 0) is 51.0 Å². The van der Waals surface area contributed by atoms with Crippen LogP contribution >= 0.6 is 11.6 Å². The number of hydrogen-bond acceptors (Lipinski definition) is 3. The molecular formula is C16H25ClN2O2. The number of rotatable bonds is 5. The summed E-state index contributed by atoms with van der Waals surface area (Å²) in [6.07, 6.45) is -0.299. The predicted octanol–water partition coefficient (Wildman–Crippen LogP) is 3.60. The van der Waals surface area contributed by atoms with E-state index in [1.807, 2.05) is 45.9 Å². The molecule has 0 saturated carbocycles. The summed E-state index contributed by atoms with van der Waals surface area (Å²) >= 11 is 5.93. The normalized spacial score (nSPS) is 11.3. The largest absolute Gasteiger partial charge is 0.444 e. The van der Waals surface area contributed by atoms with Crippen molar-refractivity contribution in [1.29, 1.82) is 0 Å². The highest BCUT2D eigenvalue weighted by molar-refractivity contribution is 6.30. The second kappa shape index (κ2) is 7.66. The smallest absolute Gasteiger partial charge is 0.410 e.